The maximum absolute atomic E-state index is 12.6. The van der Waals surface area contributed by atoms with Crippen molar-refractivity contribution in [2.75, 3.05) is 0 Å². The molecule has 1 aromatic rings. The second-order valence-electron chi connectivity index (χ2n) is 8.56. The van der Waals surface area contributed by atoms with Crippen LogP contribution >= 0.6 is 11.6 Å². The van der Waals surface area contributed by atoms with Crippen LogP contribution in [0.2, 0.25) is 5.02 Å². The standard InChI is InChI=1S/C21H29BClNO3/c1-6-18(24-19(25)14-8-11-17(23)12-9-14)15-7-10-16(13-15)22-26-20(2,3)21(4,5)27-22/h8-12,15,18H,6-7,13H2,1-5H3,(H,24,25). The van der Waals surface area contributed by atoms with Crippen molar-refractivity contribution in [3.63, 3.8) is 0 Å². The van der Waals surface area contributed by atoms with Crippen molar-refractivity contribution in [2.45, 2.75) is 71.1 Å². The van der Waals surface area contributed by atoms with Crippen molar-refractivity contribution in [2.24, 2.45) is 5.92 Å². The minimum absolute atomic E-state index is 0.0531. The Balaban J connectivity index is 1.61. The van der Waals surface area contributed by atoms with Crippen LogP contribution in [0, 0.1) is 5.92 Å². The summed E-state index contributed by atoms with van der Waals surface area (Å²) in [7, 11) is -0.288. The Kier molecular flexibility index (Phi) is 5.76. The van der Waals surface area contributed by atoms with Gasteiger partial charge in [-0.3, -0.25) is 4.79 Å². The van der Waals surface area contributed by atoms with Gasteiger partial charge in [-0.25, -0.2) is 0 Å². The number of amides is 1. The van der Waals surface area contributed by atoms with Crippen LogP contribution in [0.25, 0.3) is 0 Å². The Hall–Kier alpha value is -1.30. The number of hydrogen-bond donors (Lipinski definition) is 1. The highest BCUT2D eigenvalue weighted by Gasteiger charge is 2.53. The van der Waals surface area contributed by atoms with E-state index >= 15 is 0 Å². The molecular weight excluding hydrogens is 361 g/mol. The molecule has 0 bridgehead atoms. The number of benzene rings is 1. The molecule has 4 nitrogen and oxygen atoms in total. The first-order chi connectivity index (χ1) is 12.6. The Morgan fingerprint density at radius 1 is 1.22 bits per heavy atom. The van der Waals surface area contributed by atoms with E-state index in [0.717, 1.165) is 19.3 Å². The smallest absolute Gasteiger partial charge is 0.400 e. The maximum atomic E-state index is 12.6. The lowest BCUT2D eigenvalue weighted by atomic mass is 9.76. The quantitative estimate of drug-likeness (QED) is 0.735. The molecule has 0 aromatic heterocycles. The lowest BCUT2D eigenvalue weighted by Crippen LogP contribution is -2.41. The van der Waals surface area contributed by atoms with Crippen molar-refractivity contribution in [3.05, 3.63) is 46.4 Å². The number of hydrogen-bond acceptors (Lipinski definition) is 3. The topological polar surface area (TPSA) is 47.6 Å². The van der Waals surface area contributed by atoms with Gasteiger partial charge in [-0.1, -0.05) is 24.6 Å². The van der Waals surface area contributed by atoms with Crippen molar-refractivity contribution in [1.29, 1.82) is 0 Å². The van der Waals surface area contributed by atoms with Gasteiger partial charge < -0.3 is 14.6 Å². The third-order valence-corrected chi connectivity index (χ3v) is 6.42. The summed E-state index contributed by atoms with van der Waals surface area (Å²) >= 11 is 5.91. The predicted octanol–water partition coefficient (Wildman–Crippen LogP) is 4.82. The summed E-state index contributed by atoms with van der Waals surface area (Å²) in [5.74, 6) is 0.308. The van der Waals surface area contributed by atoms with Crippen LogP contribution in [0.3, 0.4) is 0 Å². The van der Waals surface area contributed by atoms with Gasteiger partial charge in [0, 0.05) is 16.6 Å². The van der Waals surface area contributed by atoms with Crippen LogP contribution in [0.15, 0.2) is 35.8 Å². The van der Waals surface area contributed by atoms with E-state index in [4.69, 9.17) is 20.9 Å². The third-order valence-electron chi connectivity index (χ3n) is 6.17. The molecule has 1 aliphatic heterocycles. The highest BCUT2D eigenvalue weighted by atomic mass is 35.5. The SMILES string of the molecule is CCC(NC(=O)c1ccc(Cl)cc1)C1CC=C(B2OC(C)(C)C(C)(C)O2)C1. The Bertz CT molecular complexity index is 713. The average molecular weight is 390 g/mol. The van der Waals surface area contributed by atoms with Gasteiger partial charge >= 0.3 is 7.12 Å². The monoisotopic (exact) mass is 389 g/mol. The molecule has 2 unspecified atom stereocenters. The second-order valence-corrected chi connectivity index (χ2v) is 9.00. The van der Waals surface area contributed by atoms with Gasteiger partial charge in [0.15, 0.2) is 0 Å². The molecule has 6 heteroatoms. The van der Waals surface area contributed by atoms with Gasteiger partial charge in [-0.2, -0.15) is 0 Å². The van der Waals surface area contributed by atoms with Crippen LogP contribution < -0.4 is 5.32 Å². The first-order valence-electron chi connectivity index (χ1n) is 9.74. The van der Waals surface area contributed by atoms with Crippen LogP contribution in [-0.4, -0.2) is 30.3 Å². The summed E-state index contributed by atoms with van der Waals surface area (Å²) in [6.07, 6.45) is 4.92. The normalized spacial score (nSPS) is 24.6. The van der Waals surface area contributed by atoms with E-state index in [9.17, 15) is 4.79 Å². The van der Waals surface area contributed by atoms with Gasteiger partial charge in [0.05, 0.1) is 11.2 Å². The number of rotatable bonds is 5. The van der Waals surface area contributed by atoms with Gasteiger partial charge in [0.1, 0.15) is 0 Å². The summed E-state index contributed by atoms with van der Waals surface area (Å²) in [6, 6.07) is 7.11. The van der Waals surface area contributed by atoms with Crippen LogP contribution in [0.5, 0.6) is 0 Å². The average Bonchev–Trinajstić information content (AvgIpc) is 3.16. The fourth-order valence-electron chi connectivity index (χ4n) is 3.67. The first kappa shape index (κ1) is 20.4. The summed E-state index contributed by atoms with van der Waals surface area (Å²) in [5, 5.41) is 3.82. The van der Waals surface area contributed by atoms with Crippen LogP contribution in [-0.2, 0) is 9.31 Å². The zero-order valence-corrected chi connectivity index (χ0v) is 17.6. The number of carbonyl (C=O) groups excluding carboxylic acids is 1. The van der Waals surface area contributed by atoms with Gasteiger partial charge in [0.2, 0.25) is 0 Å². The van der Waals surface area contributed by atoms with Gasteiger partial charge in [0.25, 0.3) is 5.91 Å². The van der Waals surface area contributed by atoms with Crippen molar-refractivity contribution in [1.82, 2.24) is 5.32 Å². The molecule has 1 saturated heterocycles. The van der Waals surface area contributed by atoms with E-state index in [0.29, 0.717) is 16.5 Å². The largest absolute Gasteiger partial charge is 0.490 e. The Morgan fingerprint density at radius 3 is 2.37 bits per heavy atom. The molecule has 1 aromatic carbocycles. The second kappa shape index (κ2) is 7.61. The number of halogens is 1. The van der Waals surface area contributed by atoms with E-state index < -0.39 is 0 Å². The highest BCUT2D eigenvalue weighted by Crippen LogP contribution is 2.42. The molecule has 1 amide bonds. The Labute approximate surface area is 167 Å². The molecule has 2 aliphatic rings. The molecule has 27 heavy (non-hydrogen) atoms. The number of carbonyl (C=O) groups is 1. The fourth-order valence-corrected chi connectivity index (χ4v) is 3.80. The van der Waals surface area contributed by atoms with Crippen molar-refractivity contribution < 1.29 is 14.1 Å². The molecule has 2 atom stereocenters. The molecular formula is C21H29BClNO3. The fraction of sp³-hybridized carbons (Fsp3) is 0.571. The van der Waals surface area contributed by atoms with Crippen LogP contribution in [0.1, 0.15) is 64.2 Å². The summed E-state index contributed by atoms with van der Waals surface area (Å²) in [4.78, 5) is 12.6. The molecule has 1 aliphatic carbocycles. The van der Waals surface area contributed by atoms with Crippen molar-refractivity contribution >= 4 is 24.6 Å². The minimum Gasteiger partial charge on any atom is -0.400 e. The zero-order valence-electron chi connectivity index (χ0n) is 16.8. The van der Waals surface area contributed by atoms with Gasteiger partial charge in [-0.05, 0) is 82.6 Å². The van der Waals surface area contributed by atoms with E-state index in [2.05, 4.69) is 46.0 Å². The molecule has 0 spiro atoms. The molecule has 146 valence electrons. The molecule has 0 radical (unpaired) electrons. The summed E-state index contributed by atoms with van der Waals surface area (Å²) < 4.78 is 12.4. The first-order valence-corrected chi connectivity index (χ1v) is 10.1. The van der Waals surface area contributed by atoms with E-state index in [1.165, 1.54) is 5.47 Å². The van der Waals surface area contributed by atoms with E-state index in [-0.39, 0.29) is 30.3 Å². The van der Waals surface area contributed by atoms with E-state index in [1.54, 1.807) is 24.3 Å². The number of allylic oxidation sites excluding steroid dienone is 2. The van der Waals surface area contributed by atoms with Crippen LogP contribution in [0.4, 0.5) is 0 Å². The lowest BCUT2D eigenvalue weighted by Gasteiger charge is -2.32. The summed E-state index contributed by atoms with van der Waals surface area (Å²) in [5.41, 5.74) is 1.17. The minimum atomic E-state index is -0.330. The molecule has 0 saturated carbocycles. The molecule has 3 rings (SSSR count). The highest BCUT2D eigenvalue weighted by molar-refractivity contribution is 6.54. The summed E-state index contributed by atoms with van der Waals surface area (Å²) in [6.45, 7) is 10.4. The van der Waals surface area contributed by atoms with E-state index in [1.807, 2.05) is 0 Å². The van der Waals surface area contributed by atoms with Gasteiger partial charge in [-0.15, -0.1) is 0 Å². The maximum Gasteiger partial charge on any atom is 0.490 e. The molecule has 1 fully saturated rings. The van der Waals surface area contributed by atoms with Crippen molar-refractivity contribution in [3.8, 4) is 0 Å². The zero-order chi connectivity index (χ0) is 19.8. The predicted molar refractivity (Wildman–Crippen MR) is 110 cm³/mol. The Morgan fingerprint density at radius 2 is 1.81 bits per heavy atom. The lowest BCUT2D eigenvalue weighted by molar-refractivity contribution is 0.00578. The third kappa shape index (κ3) is 4.26. The number of nitrogens with one attached hydrogen (secondary N) is 1. The molecule has 1 N–H and O–H groups in total. The molecule has 1 heterocycles.